The summed E-state index contributed by atoms with van der Waals surface area (Å²) in [5, 5.41) is 4.37. The number of hydrogen-bond acceptors (Lipinski definition) is 2. The van der Waals surface area contributed by atoms with E-state index in [0.29, 0.717) is 0 Å². The topological polar surface area (TPSA) is 21.3 Å². The summed E-state index contributed by atoms with van der Waals surface area (Å²) in [5.41, 5.74) is 1.16. The molecule has 0 spiro atoms. The lowest BCUT2D eigenvalue weighted by Crippen LogP contribution is -2.43. The summed E-state index contributed by atoms with van der Waals surface area (Å²) in [5.74, 6) is 0. The molecule has 1 N–H and O–H groups in total. The van der Waals surface area contributed by atoms with Crippen molar-refractivity contribution in [1.82, 2.24) is 5.32 Å². The molecule has 0 bridgehead atoms. The molecule has 1 aromatic rings. The molecule has 2 rings (SSSR count). The van der Waals surface area contributed by atoms with Crippen LogP contribution in [0.5, 0.6) is 0 Å². The van der Waals surface area contributed by atoms with Gasteiger partial charge in [-0.25, -0.2) is 0 Å². The van der Waals surface area contributed by atoms with Gasteiger partial charge in [0.15, 0.2) is 0 Å². The van der Waals surface area contributed by atoms with E-state index in [-0.39, 0.29) is 11.6 Å². The molecule has 0 saturated heterocycles. The lowest BCUT2D eigenvalue weighted by Gasteiger charge is -2.37. The maximum absolute atomic E-state index is 6.12. The number of likely N-dealkylation sites (N-methyl/N-ethyl adjacent to an activating group) is 1. The molecule has 1 aromatic carbocycles. The predicted molar refractivity (Wildman–Crippen MR) is 76.1 cm³/mol. The van der Waals surface area contributed by atoms with Gasteiger partial charge in [-0.15, -0.1) is 0 Å². The predicted octanol–water partition coefficient (Wildman–Crippen LogP) is 3.95. The number of methoxy groups -OCH3 is 1. The maximum atomic E-state index is 6.12. The molecule has 2 nitrogen and oxygen atoms in total. The van der Waals surface area contributed by atoms with Crippen molar-refractivity contribution in [3.05, 3.63) is 34.9 Å². The Bertz CT molecular complexity index is 388. The van der Waals surface area contributed by atoms with E-state index >= 15 is 0 Å². The van der Waals surface area contributed by atoms with Crippen LogP contribution in [0.2, 0.25) is 5.02 Å². The van der Waals surface area contributed by atoms with Crippen LogP contribution in [0.3, 0.4) is 0 Å². The molecule has 0 aliphatic heterocycles. The standard InChI is InChI=1S/C15H22ClNO/c1-3-17-14(12-7-6-8-13(16)11-12)15(18-2)9-4-5-10-15/h6-8,11,14,17H,3-5,9-10H2,1-2H3. The lowest BCUT2D eigenvalue weighted by atomic mass is 9.86. The highest BCUT2D eigenvalue weighted by molar-refractivity contribution is 6.30. The van der Waals surface area contributed by atoms with Gasteiger partial charge >= 0.3 is 0 Å². The van der Waals surface area contributed by atoms with Crippen LogP contribution in [0.15, 0.2) is 24.3 Å². The molecular weight excluding hydrogens is 246 g/mol. The molecule has 0 radical (unpaired) electrons. The first-order chi connectivity index (χ1) is 8.72. The van der Waals surface area contributed by atoms with Gasteiger partial charge in [-0.1, -0.05) is 43.5 Å². The normalized spacial score (nSPS) is 19.9. The van der Waals surface area contributed by atoms with E-state index in [4.69, 9.17) is 16.3 Å². The lowest BCUT2D eigenvalue weighted by molar-refractivity contribution is -0.0364. The van der Waals surface area contributed by atoms with Crippen molar-refractivity contribution in [3.63, 3.8) is 0 Å². The first-order valence-corrected chi connectivity index (χ1v) is 7.13. The van der Waals surface area contributed by atoms with Gasteiger partial charge in [0.25, 0.3) is 0 Å². The van der Waals surface area contributed by atoms with Crippen LogP contribution in [-0.4, -0.2) is 19.3 Å². The summed E-state index contributed by atoms with van der Waals surface area (Å²) in [4.78, 5) is 0. The van der Waals surface area contributed by atoms with Gasteiger partial charge in [-0.2, -0.15) is 0 Å². The Morgan fingerprint density at radius 2 is 2.11 bits per heavy atom. The van der Waals surface area contributed by atoms with Crippen LogP contribution in [0.1, 0.15) is 44.2 Å². The second kappa shape index (κ2) is 6.05. The zero-order valence-electron chi connectivity index (χ0n) is 11.2. The molecule has 1 saturated carbocycles. The minimum Gasteiger partial charge on any atom is -0.376 e. The first-order valence-electron chi connectivity index (χ1n) is 6.76. The third kappa shape index (κ3) is 2.71. The van der Waals surface area contributed by atoms with Gasteiger partial charge in [0.1, 0.15) is 0 Å². The Hall–Kier alpha value is -0.570. The van der Waals surface area contributed by atoms with Crippen molar-refractivity contribution in [2.24, 2.45) is 0 Å². The molecule has 1 atom stereocenters. The molecule has 1 aliphatic carbocycles. The summed E-state index contributed by atoms with van der Waals surface area (Å²) in [7, 11) is 1.83. The van der Waals surface area contributed by atoms with Gasteiger partial charge in [0.05, 0.1) is 11.6 Å². The second-order valence-corrected chi connectivity index (χ2v) is 5.46. The molecule has 0 heterocycles. The van der Waals surface area contributed by atoms with Gasteiger partial charge < -0.3 is 10.1 Å². The van der Waals surface area contributed by atoms with E-state index in [0.717, 1.165) is 24.4 Å². The Labute approximate surface area is 115 Å². The molecule has 3 heteroatoms. The monoisotopic (exact) mass is 267 g/mol. The molecule has 1 fully saturated rings. The van der Waals surface area contributed by atoms with Crippen LogP contribution in [0.25, 0.3) is 0 Å². The fourth-order valence-corrected chi connectivity index (χ4v) is 3.28. The number of nitrogens with one attached hydrogen (secondary N) is 1. The number of halogens is 1. The highest BCUT2D eigenvalue weighted by atomic mass is 35.5. The SMILES string of the molecule is CCNC(c1cccc(Cl)c1)C1(OC)CCCC1. The number of ether oxygens (including phenoxy) is 1. The zero-order chi connectivity index (χ0) is 13.0. The van der Waals surface area contributed by atoms with Crippen LogP contribution in [0.4, 0.5) is 0 Å². The maximum Gasteiger partial charge on any atom is 0.0872 e. The fraction of sp³-hybridized carbons (Fsp3) is 0.600. The molecule has 0 aromatic heterocycles. The summed E-state index contributed by atoms with van der Waals surface area (Å²) in [6.07, 6.45) is 4.73. The average Bonchev–Trinajstić information content (AvgIpc) is 2.85. The second-order valence-electron chi connectivity index (χ2n) is 5.02. The van der Waals surface area contributed by atoms with Gasteiger partial charge in [-0.3, -0.25) is 0 Å². The van der Waals surface area contributed by atoms with Gasteiger partial charge in [0, 0.05) is 12.1 Å². The van der Waals surface area contributed by atoms with Gasteiger partial charge in [0.2, 0.25) is 0 Å². The largest absolute Gasteiger partial charge is 0.376 e. The Morgan fingerprint density at radius 3 is 2.67 bits per heavy atom. The van der Waals surface area contributed by atoms with Crippen LogP contribution < -0.4 is 5.32 Å². The highest BCUT2D eigenvalue weighted by Crippen LogP contribution is 2.42. The minimum absolute atomic E-state index is 0.0688. The highest BCUT2D eigenvalue weighted by Gasteiger charge is 2.42. The van der Waals surface area contributed by atoms with Crippen molar-refractivity contribution in [1.29, 1.82) is 0 Å². The minimum atomic E-state index is -0.0688. The molecule has 1 unspecified atom stereocenters. The summed E-state index contributed by atoms with van der Waals surface area (Å²) >= 11 is 6.12. The van der Waals surface area contributed by atoms with Crippen molar-refractivity contribution in [2.75, 3.05) is 13.7 Å². The van der Waals surface area contributed by atoms with Crippen molar-refractivity contribution in [3.8, 4) is 0 Å². The molecule has 0 amide bonds. The van der Waals surface area contributed by atoms with E-state index in [1.54, 1.807) is 0 Å². The number of benzene rings is 1. The first kappa shape index (κ1) is 13.9. The van der Waals surface area contributed by atoms with E-state index < -0.39 is 0 Å². The Kier molecular flexibility index (Phi) is 4.66. The van der Waals surface area contributed by atoms with Crippen molar-refractivity contribution < 1.29 is 4.74 Å². The molecule has 1 aliphatic rings. The Balaban J connectivity index is 2.32. The quantitative estimate of drug-likeness (QED) is 0.872. The summed E-state index contributed by atoms with van der Waals surface area (Å²) < 4.78 is 5.90. The van der Waals surface area contributed by atoms with Crippen molar-refractivity contribution >= 4 is 11.6 Å². The summed E-state index contributed by atoms with van der Waals surface area (Å²) in [6, 6.07) is 8.35. The van der Waals surface area contributed by atoms with Crippen molar-refractivity contribution in [2.45, 2.75) is 44.2 Å². The smallest absolute Gasteiger partial charge is 0.0872 e. The van der Waals surface area contributed by atoms with E-state index in [2.05, 4.69) is 18.3 Å². The van der Waals surface area contributed by atoms with E-state index in [9.17, 15) is 0 Å². The third-order valence-corrected chi connectivity index (χ3v) is 4.21. The zero-order valence-corrected chi connectivity index (χ0v) is 12.0. The van der Waals surface area contributed by atoms with Crippen LogP contribution >= 0.6 is 11.6 Å². The Morgan fingerprint density at radius 1 is 1.39 bits per heavy atom. The fourth-order valence-electron chi connectivity index (χ4n) is 3.08. The molecule has 18 heavy (non-hydrogen) atoms. The number of rotatable bonds is 5. The van der Waals surface area contributed by atoms with Crippen LogP contribution in [-0.2, 0) is 4.74 Å². The average molecular weight is 268 g/mol. The molecule has 100 valence electrons. The number of hydrogen-bond donors (Lipinski definition) is 1. The molecular formula is C15H22ClNO. The summed E-state index contributed by atoms with van der Waals surface area (Å²) in [6.45, 7) is 3.07. The van der Waals surface area contributed by atoms with Gasteiger partial charge in [-0.05, 0) is 37.1 Å². The van der Waals surface area contributed by atoms with E-state index in [1.807, 2.05) is 25.3 Å². The van der Waals surface area contributed by atoms with Crippen LogP contribution in [0, 0.1) is 0 Å². The van der Waals surface area contributed by atoms with E-state index in [1.165, 1.54) is 18.4 Å². The third-order valence-electron chi connectivity index (χ3n) is 3.97.